The lowest BCUT2D eigenvalue weighted by Crippen LogP contribution is -2.33. The second-order valence-electron chi connectivity index (χ2n) is 5.09. The minimum absolute atomic E-state index is 0.0838. The van der Waals surface area contributed by atoms with Crippen LogP contribution in [-0.4, -0.2) is 29.4 Å². The first kappa shape index (κ1) is 16.5. The molecule has 0 aliphatic rings. The van der Waals surface area contributed by atoms with Gasteiger partial charge in [-0.3, -0.25) is 4.79 Å². The minimum atomic E-state index is -0.0951. The van der Waals surface area contributed by atoms with E-state index in [0.717, 1.165) is 5.56 Å². The van der Waals surface area contributed by atoms with Crippen LogP contribution < -0.4 is 4.74 Å². The van der Waals surface area contributed by atoms with Crippen LogP contribution in [0.15, 0.2) is 42.6 Å². The fourth-order valence-corrected chi connectivity index (χ4v) is 2.40. The van der Waals surface area contributed by atoms with Gasteiger partial charge in [0, 0.05) is 18.8 Å². The Kier molecular flexibility index (Phi) is 5.32. The molecule has 0 radical (unpaired) electrons. The number of carbonyl (C=O) groups is 1. The number of carbonyl (C=O) groups excluding carboxylic acids is 1. The van der Waals surface area contributed by atoms with Crippen molar-refractivity contribution in [2.24, 2.45) is 0 Å². The first-order valence-corrected chi connectivity index (χ1v) is 7.41. The van der Waals surface area contributed by atoms with Crippen molar-refractivity contribution < 1.29 is 9.53 Å². The molecule has 1 amide bonds. The average molecular weight is 309 g/mol. The summed E-state index contributed by atoms with van der Waals surface area (Å²) in [5.74, 6) is 0.393. The number of amides is 1. The third kappa shape index (κ3) is 3.67. The van der Waals surface area contributed by atoms with E-state index < -0.39 is 0 Å². The van der Waals surface area contributed by atoms with Crippen LogP contribution in [0, 0.1) is 11.3 Å². The average Bonchev–Trinajstić information content (AvgIpc) is 2.62. The molecule has 0 bridgehead atoms. The summed E-state index contributed by atoms with van der Waals surface area (Å²) in [6, 6.07) is 12.7. The van der Waals surface area contributed by atoms with E-state index in [2.05, 4.69) is 11.1 Å². The topological polar surface area (TPSA) is 66.2 Å². The van der Waals surface area contributed by atoms with E-state index in [1.165, 1.54) is 13.3 Å². The number of benzene rings is 1. The van der Waals surface area contributed by atoms with Gasteiger partial charge in [0.1, 0.15) is 0 Å². The number of hydrogen-bond acceptors (Lipinski definition) is 4. The lowest BCUT2D eigenvalue weighted by molar-refractivity contribution is 0.0702. The molecule has 0 saturated heterocycles. The van der Waals surface area contributed by atoms with Gasteiger partial charge < -0.3 is 9.64 Å². The predicted molar refractivity (Wildman–Crippen MR) is 87.1 cm³/mol. The van der Waals surface area contributed by atoms with Gasteiger partial charge in [-0.1, -0.05) is 12.1 Å². The fourth-order valence-electron chi connectivity index (χ4n) is 2.40. The number of methoxy groups -OCH3 is 1. The molecule has 0 aliphatic carbocycles. The van der Waals surface area contributed by atoms with Crippen molar-refractivity contribution in [1.82, 2.24) is 9.88 Å². The van der Waals surface area contributed by atoms with Crippen LogP contribution in [0.2, 0.25) is 0 Å². The van der Waals surface area contributed by atoms with Crippen molar-refractivity contribution in [3.63, 3.8) is 0 Å². The number of aromatic nitrogens is 1. The Morgan fingerprint density at radius 3 is 2.48 bits per heavy atom. The normalized spacial score (nSPS) is 11.4. The fraction of sp³-hybridized carbons (Fsp3) is 0.278. The zero-order valence-corrected chi connectivity index (χ0v) is 13.5. The third-order valence-corrected chi connectivity index (χ3v) is 3.78. The molecular formula is C18H19N3O2. The first-order chi connectivity index (χ1) is 11.1. The number of ether oxygens (including phenoxy) is 1. The van der Waals surface area contributed by atoms with Crippen LogP contribution in [0.25, 0.3) is 0 Å². The maximum absolute atomic E-state index is 12.7. The van der Waals surface area contributed by atoms with E-state index in [0.29, 0.717) is 23.6 Å². The molecule has 1 atom stereocenters. The van der Waals surface area contributed by atoms with Gasteiger partial charge in [0.2, 0.25) is 5.88 Å². The van der Waals surface area contributed by atoms with Crippen LogP contribution in [0.5, 0.6) is 5.88 Å². The SMILES string of the molecule is CCN(C(=O)c1ccc(OC)nc1)C(C)c1ccc(C#N)cc1. The number of rotatable bonds is 5. The van der Waals surface area contributed by atoms with Crippen molar-refractivity contribution in [2.75, 3.05) is 13.7 Å². The Bertz CT molecular complexity index is 703. The van der Waals surface area contributed by atoms with E-state index >= 15 is 0 Å². The van der Waals surface area contributed by atoms with Crippen LogP contribution in [-0.2, 0) is 0 Å². The molecule has 1 heterocycles. The van der Waals surface area contributed by atoms with Crippen molar-refractivity contribution in [3.05, 3.63) is 59.3 Å². The summed E-state index contributed by atoms with van der Waals surface area (Å²) in [4.78, 5) is 18.6. The Labute approximate surface area is 136 Å². The first-order valence-electron chi connectivity index (χ1n) is 7.41. The molecule has 1 unspecified atom stereocenters. The third-order valence-electron chi connectivity index (χ3n) is 3.78. The molecule has 0 fully saturated rings. The van der Waals surface area contributed by atoms with E-state index in [9.17, 15) is 4.79 Å². The van der Waals surface area contributed by atoms with Gasteiger partial charge in [0.05, 0.1) is 30.3 Å². The van der Waals surface area contributed by atoms with Gasteiger partial charge >= 0.3 is 0 Å². The van der Waals surface area contributed by atoms with E-state index in [4.69, 9.17) is 10.00 Å². The molecule has 2 aromatic rings. The highest BCUT2D eigenvalue weighted by Gasteiger charge is 2.21. The highest BCUT2D eigenvalue weighted by atomic mass is 16.5. The standard InChI is InChI=1S/C18H19N3O2/c1-4-21(13(2)15-7-5-14(11-19)6-8-15)18(22)16-9-10-17(23-3)20-12-16/h5-10,12-13H,4H2,1-3H3. The number of nitriles is 1. The molecule has 0 N–H and O–H groups in total. The number of pyridine rings is 1. The molecule has 0 saturated carbocycles. The van der Waals surface area contributed by atoms with Gasteiger partial charge in [0.15, 0.2) is 0 Å². The molecular weight excluding hydrogens is 290 g/mol. The molecule has 23 heavy (non-hydrogen) atoms. The second-order valence-corrected chi connectivity index (χ2v) is 5.09. The van der Waals surface area contributed by atoms with Crippen molar-refractivity contribution >= 4 is 5.91 Å². The number of hydrogen-bond donors (Lipinski definition) is 0. The largest absolute Gasteiger partial charge is 0.481 e. The zero-order chi connectivity index (χ0) is 16.8. The highest BCUT2D eigenvalue weighted by Crippen LogP contribution is 2.22. The predicted octanol–water partition coefficient (Wildman–Crippen LogP) is 3.19. The minimum Gasteiger partial charge on any atom is -0.481 e. The van der Waals surface area contributed by atoms with Crippen molar-refractivity contribution in [2.45, 2.75) is 19.9 Å². The molecule has 0 spiro atoms. The quantitative estimate of drug-likeness (QED) is 0.850. The van der Waals surface area contributed by atoms with Crippen LogP contribution in [0.4, 0.5) is 0 Å². The Balaban J connectivity index is 2.22. The molecule has 5 heteroatoms. The van der Waals surface area contributed by atoms with Gasteiger partial charge in [-0.2, -0.15) is 5.26 Å². The molecule has 1 aromatic heterocycles. The summed E-state index contributed by atoms with van der Waals surface area (Å²) in [6.45, 7) is 4.49. The molecule has 0 aliphatic heterocycles. The Morgan fingerprint density at radius 1 is 1.30 bits per heavy atom. The van der Waals surface area contributed by atoms with Crippen LogP contribution in [0.1, 0.15) is 41.4 Å². The van der Waals surface area contributed by atoms with Crippen LogP contribution in [0.3, 0.4) is 0 Å². The smallest absolute Gasteiger partial charge is 0.255 e. The van der Waals surface area contributed by atoms with Gasteiger partial charge in [-0.15, -0.1) is 0 Å². The van der Waals surface area contributed by atoms with Crippen molar-refractivity contribution in [1.29, 1.82) is 5.26 Å². The maximum atomic E-state index is 12.7. The Hall–Kier alpha value is -2.87. The summed E-state index contributed by atoms with van der Waals surface area (Å²) in [5.41, 5.74) is 2.11. The molecule has 2 rings (SSSR count). The molecule has 118 valence electrons. The highest BCUT2D eigenvalue weighted by molar-refractivity contribution is 5.94. The summed E-state index contributed by atoms with van der Waals surface area (Å²) in [5, 5.41) is 8.87. The molecule has 1 aromatic carbocycles. The lowest BCUT2D eigenvalue weighted by Gasteiger charge is -2.28. The summed E-state index contributed by atoms with van der Waals surface area (Å²) >= 11 is 0. The summed E-state index contributed by atoms with van der Waals surface area (Å²) in [7, 11) is 1.54. The Morgan fingerprint density at radius 2 is 2.00 bits per heavy atom. The summed E-state index contributed by atoms with van der Waals surface area (Å²) in [6.07, 6.45) is 1.52. The van der Waals surface area contributed by atoms with E-state index in [1.807, 2.05) is 26.0 Å². The van der Waals surface area contributed by atoms with Gasteiger partial charge in [0.25, 0.3) is 5.91 Å². The van der Waals surface area contributed by atoms with Crippen LogP contribution >= 0.6 is 0 Å². The zero-order valence-electron chi connectivity index (χ0n) is 13.5. The van der Waals surface area contributed by atoms with E-state index in [-0.39, 0.29) is 11.9 Å². The van der Waals surface area contributed by atoms with Gasteiger partial charge in [-0.25, -0.2) is 4.98 Å². The van der Waals surface area contributed by atoms with Gasteiger partial charge in [-0.05, 0) is 37.6 Å². The maximum Gasteiger partial charge on any atom is 0.255 e. The molecule has 5 nitrogen and oxygen atoms in total. The second kappa shape index (κ2) is 7.41. The van der Waals surface area contributed by atoms with Crippen molar-refractivity contribution in [3.8, 4) is 11.9 Å². The number of nitrogens with zero attached hydrogens (tertiary/aromatic N) is 3. The lowest BCUT2D eigenvalue weighted by atomic mass is 10.0. The summed E-state index contributed by atoms with van der Waals surface area (Å²) < 4.78 is 5.01. The van der Waals surface area contributed by atoms with E-state index in [1.54, 1.807) is 29.2 Å². The monoisotopic (exact) mass is 309 g/mol.